The Morgan fingerprint density at radius 3 is 2.44 bits per heavy atom. The molecule has 242 valence electrons. The zero-order valence-electron chi connectivity index (χ0n) is 24.8. The van der Waals surface area contributed by atoms with Gasteiger partial charge in [-0.25, -0.2) is 9.36 Å². The molecule has 1 unspecified atom stereocenters. The Hall–Kier alpha value is -3.55. The van der Waals surface area contributed by atoms with Gasteiger partial charge in [-0.15, -0.1) is 0 Å². The monoisotopic (exact) mass is 663 g/mol. The number of ether oxygens (including phenoxy) is 2. The highest BCUT2D eigenvalue weighted by Crippen LogP contribution is 2.48. The molecule has 15 heteroatoms. The highest BCUT2D eigenvalue weighted by atomic mass is 35.5. The van der Waals surface area contributed by atoms with Crippen LogP contribution in [-0.2, 0) is 29.8 Å². The standard InChI is InChI=1S/C30H35ClN3O10P/c1-18(2)30(39)26(36)24(43-28(30)34-15-14-25(35)32-29(34)38)17-41-45(40,44-22-12-10-21(31)11-13-22)33-23(27(37)42-19(3)4)16-20-8-6-5-7-9-20/h5-15,19,23-24,26,28,36,39H,1,16-17H2,2-4H3,(H,33,40)(H,32,35,38)/t23-,24+,26+,28+,30+,45?/m0/s1. The lowest BCUT2D eigenvalue weighted by Gasteiger charge is -2.32. The van der Waals surface area contributed by atoms with Gasteiger partial charge in [0, 0.05) is 17.3 Å². The highest BCUT2D eigenvalue weighted by Gasteiger charge is 2.57. The number of nitrogens with zero attached hydrogens (tertiary/aromatic N) is 1. The van der Waals surface area contributed by atoms with Crippen molar-refractivity contribution in [2.24, 2.45) is 0 Å². The largest absolute Gasteiger partial charge is 0.462 e. The first-order valence-corrected chi connectivity index (χ1v) is 15.9. The molecule has 13 nitrogen and oxygen atoms in total. The second-order valence-corrected chi connectivity index (χ2v) is 12.9. The first-order chi connectivity index (χ1) is 21.2. The van der Waals surface area contributed by atoms with E-state index in [0.717, 1.165) is 22.4 Å². The van der Waals surface area contributed by atoms with E-state index in [2.05, 4.69) is 16.7 Å². The minimum absolute atomic E-state index is 0.0404. The molecular weight excluding hydrogens is 629 g/mol. The number of aliphatic hydroxyl groups is 2. The SMILES string of the molecule is C=C(C)[C@@]1(O)[C@H](O)[C@@H](COP(=O)(N[C@@H](Cc2ccccc2)C(=O)OC(C)C)Oc2ccc(Cl)cc2)O[C@H]1n1ccc(=O)[nH]c1=O. The van der Waals surface area contributed by atoms with Crippen molar-refractivity contribution in [3.63, 3.8) is 0 Å². The molecule has 1 aromatic heterocycles. The Labute approximate surface area is 264 Å². The summed E-state index contributed by atoms with van der Waals surface area (Å²) in [7, 11) is -4.50. The summed E-state index contributed by atoms with van der Waals surface area (Å²) in [5, 5.41) is 25.8. The number of hydrogen-bond acceptors (Lipinski definition) is 10. The van der Waals surface area contributed by atoms with Gasteiger partial charge >= 0.3 is 19.4 Å². The Bertz CT molecular complexity index is 1660. The van der Waals surface area contributed by atoms with Crippen LogP contribution < -0.4 is 20.9 Å². The van der Waals surface area contributed by atoms with Crippen molar-refractivity contribution in [1.82, 2.24) is 14.6 Å². The molecule has 1 aliphatic rings. The van der Waals surface area contributed by atoms with E-state index in [1.54, 1.807) is 38.1 Å². The summed E-state index contributed by atoms with van der Waals surface area (Å²) in [4.78, 5) is 39.4. The Kier molecular flexibility index (Phi) is 10.9. The molecule has 0 bridgehead atoms. The summed E-state index contributed by atoms with van der Waals surface area (Å²) < 4.78 is 38.0. The average Bonchev–Trinajstić information content (AvgIpc) is 3.23. The maximum absolute atomic E-state index is 14.4. The van der Waals surface area contributed by atoms with Gasteiger partial charge in [0.15, 0.2) is 11.8 Å². The number of hydrogen-bond donors (Lipinski definition) is 4. The van der Waals surface area contributed by atoms with Crippen molar-refractivity contribution in [3.8, 4) is 5.75 Å². The van der Waals surface area contributed by atoms with Gasteiger partial charge in [0.25, 0.3) is 5.56 Å². The number of carbonyl (C=O) groups excluding carboxylic acids is 1. The van der Waals surface area contributed by atoms with Gasteiger partial charge in [-0.1, -0.05) is 48.5 Å². The normalized spacial score (nSPS) is 23.3. The number of H-pyrrole nitrogens is 1. The van der Waals surface area contributed by atoms with Gasteiger partial charge in [-0.05, 0) is 62.6 Å². The van der Waals surface area contributed by atoms with E-state index in [0.29, 0.717) is 5.02 Å². The molecule has 0 radical (unpaired) electrons. The molecule has 1 fully saturated rings. The lowest BCUT2D eigenvalue weighted by molar-refractivity contribution is -0.149. The van der Waals surface area contributed by atoms with Crippen LogP contribution in [0.25, 0.3) is 0 Å². The van der Waals surface area contributed by atoms with Crippen molar-refractivity contribution in [2.75, 3.05) is 6.61 Å². The van der Waals surface area contributed by atoms with Crippen LogP contribution in [0.15, 0.2) is 88.6 Å². The molecule has 2 heterocycles. The van der Waals surface area contributed by atoms with Gasteiger partial charge in [0.05, 0.1) is 12.7 Å². The zero-order valence-corrected chi connectivity index (χ0v) is 26.4. The van der Waals surface area contributed by atoms with E-state index >= 15 is 0 Å². The maximum atomic E-state index is 14.4. The van der Waals surface area contributed by atoms with Crippen molar-refractivity contribution < 1.29 is 38.1 Å². The van der Waals surface area contributed by atoms with E-state index < -0.39 is 67.8 Å². The fourth-order valence-corrected chi connectivity index (χ4v) is 6.32. The highest BCUT2D eigenvalue weighted by molar-refractivity contribution is 7.52. The van der Waals surface area contributed by atoms with E-state index in [9.17, 15) is 29.2 Å². The Balaban J connectivity index is 1.65. The number of aromatic nitrogens is 2. The molecular formula is C30H35ClN3O10P. The number of rotatable bonds is 13. The summed E-state index contributed by atoms with van der Waals surface area (Å²) in [6.45, 7) is 7.85. The third-order valence-electron chi connectivity index (χ3n) is 6.95. The molecule has 0 saturated carbocycles. The number of benzene rings is 2. The number of aliphatic hydroxyl groups excluding tert-OH is 1. The lowest BCUT2D eigenvalue weighted by atomic mass is 9.87. The fourth-order valence-electron chi connectivity index (χ4n) is 4.69. The van der Waals surface area contributed by atoms with Crippen LogP contribution in [0.4, 0.5) is 0 Å². The summed E-state index contributed by atoms with van der Waals surface area (Å²) in [5.41, 5.74) is -3.04. The summed E-state index contributed by atoms with van der Waals surface area (Å²) in [6.07, 6.45) is -4.01. The van der Waals surface area contributed by atoms with Crippen LogP contribution in [0.5, 0.6) is 5.75 Å². The van der Waals surface area contributed by atoms with E-state index in [4.69, 9.17) is 30.1 Å². The van der Waals surface area contributed by atoms with E-state index in [1.807, 2.05) is 6.07 Å². The molecule has 6 atom stereocenters. The summed E-state index contributed by atoms with van der Waals surface area (Å²) in [6, 6.07) is 14.7. The third-order valence-corrected chi connectivity index (χ3v) is 8.77. The predicted molar refractivity (Wildman–Crippen MR) is 165 cm³/mol. The van der Waals surface area contributed by atoms with Gasteiger partial charge in [-0.2, -0.15) is 5.09 Å². The molecule has 45 heavy (non-hydrogen) atoms. The van der Waals surface area contributed by atoms with E-state index in [-0.39, 0.29) is 17.7 Å². The first-order valence-electron chi connectivity index (χ1n) is 14.0. The Morgan fingerprint density at radius 2 is 1.84 bits per heavy atom. The van der Waals surface area contributed by atoms with Crippen LogP contribution in [0.3, 0.4) is 0 Å². The van der Waals surface area contributed by atoms with Crippen molar-refractivity contribution in [3.05, 3.63) is 110 Å². The van der Waals surface area contributed by atoms with Gasteiger partial charge < -0.3 is 24.2 Å². The van der Waals surface area contributed by atoms with Gasteiger partial charge in [-0.3, -0.25) is 23.7 Å². The molecule has 4 N–H and O–H groups in total. The van der Waals surface area contributed by atoms with Gasteiger partial charge in [0.1, 0.15) is 24.0 Å². The zero-order chi connectivity index (χ0) is 32.9. The van der Waals surface area contributed by atoms with E-state index in [1.165, 1.54) is 31.2 Å². The number of esters is 1. The van der Waals surface area contributed by atoms with Crippen LogP contribution in [0.1, 0.15) is 32.6 Å². The number of aromatic amines is 1. The molecule has 2 aromatic carbocycles. The lowest BCUT2D eigenvalue weighted by Crippen LogP contribution is -2.50. The fraction of sp³-hybridized carbons (Fsp3) is 0.367. The molecule has 1 aliphatic heterocycles. The Morgan fingerprint density at radius 1 is 1.18 bits per heavy atom. The van der Waals surface area contributed by atoms with Crippen molar-refractivity contribution in [1.29, 1.82) is 0 Å². The number of carbonyl (C=O) groups is 1. The summed E-state index contributed by atoms with van der Waals surface area (Å²) >= 11 is 6.00. The average molecular weight is 664 g/mol. The van der Waals surface area contributed by atoms with Crippen LogP contribution >= 0.6 is 19.3 Å². The van der Waals surface area contributed by atoms with Crippen molar-refractivity contribution >= 4 is 25.3 Å². The molecule has 4 rings (SSSR count). The quantitative estimate of drug-likeness (QED) is 0.120. The summed E-state index contributed by atoms with van der Waals surface area (Å²) in [5.74, 6) is -0.640. The maximum Gasteiger partial charge on any atom is 0.459 e. The molecule has 0 aliphatic carbocycles. The predicted octanol–water partition coefficient (Wildman–Crippen LogP) is 3.11. The minimum Gasteiger partial charge on any atom is -0.462 e. The van der Waals surface area contributed by atoms with Crippen LogP contribution in [-0.4, -0.2) is 62.3 Å². The molecule has 0 spiro atoms. The van der Waals surface area contributed by atoms with Crippen molar-refractivity contribution in [2.45, 2.75) is 63.4 Å². The second-order valence-electron chi connectivity index (χ2n) is 10.8. The minimum atomic E-state index is -4.50. The number of nitrogens with one attached hydrogen (secondary N) is 2. The first kappa shape index (κ1) is 34.3. The van der Waals surface area contributed by atoms with Gasteiger partial charge in [0.2, 0.25) is 0 Å². The molecule has 1 saturated heterocycles. The van der Waals surface area contributed by atoms with Crippen LogP contribution in [0, 0.1) is 0 Å². The smallest absolute Gasteiger partial charge is 0.459 e. The molecule has 3 aromatic rings. The number of halogens is 1. The second kappa shape index (κ2) is 14.3. The van der Waals surface area contributed by atoms with Crippen LogP contribution in [0.2, 0.25) is 5.02 Å². The molecule has 0 amide bonds. The topological polar surface area (TPSA) is 178 Å². The third kappa shape index (κ3) is 8.19.